The van der Waals surface area contributed by atoms with Crippen LogP contribution in [0.5, 0.6) is 5.75 Å². The maximum Gasteiger partial charge on any atom is 0.268 e. The summed E-state index contributed by atoms with van der Waals surface area (Å²) < 4.78 is 5.75. The first-order valence-corrected chi connectivity index (χ1v) is 11.6. The number of hydrogen-bond acceptors (Lipinski definition) is 7. The minimum absolute atomic E-state index is 0.0127. The van der Waals surface area contributed by atoms with Crippen LogP contribution in [0.2, 0.25) is 5.02 Å². The van der Waals surface area contributed by atoms with Crippen molar-refractivity contribution in [3.63, 3.8) is 0 Å². The third-order valence-corrected chi connectivity index (χ3v) is 6.19. The fourth-order valence-corrected chi connectivity index (χ4v) is 3.97. The highest BCUT2D eigenvalue weighted by Gasteiger charge is 2.12. The predicted molar refractivity (Wildman–Crippen MR) is 126 cm³/mol. The number of nitriles is 1. The lowest BCUT2D eigenvalue weighted by molar-refractivity contribution is -0.112. The molecule has 1 heterocycles. The number of benzene rings is 2. The number of nitrogens with one attached hydrogen (secondary N) is 1. The number of thioether (sulfide) groups is 1. The lowest BCUT2D eigenvalue weighted by Crippen LogP contribution is -2.13. The molecule has 0 fully saturated rings. The molecule has 31 heavy (non-hydrogen) atoms. The van der Waals surface area contributed by atoms with Crippen LogP contribution in [0.3, 0.4) is 0 Å². The molecule has 0 aliphatic rings. The van der Waals surface area contributed by atoms with Gasteiger partial charge in [0.05, 0.1) is 6.61 Å². The van der Waals surface area contributed by atoms with E-state index in [0.29, 0.717) is 11.7 Å². The minimum Gasteiger partial charge on any atom is -0.493 e. The number of aromatic nitrogens is 2. The molecule has 3 rings (SSSR count). The van der Waals surface area contributed by atoms with Crippen molar-refractivity contribution in [3.8, 4) is 11.8 Å². The summed E-state index contributed by atoms with van der Waals surface area (Å²) >= 11 is 8.86. The fraction of sp³-hybridized carbons (Fsp3) is 0.182. The highest BCUT2D eigenvalue weighted by molar-refractivity contribution is 7.99. The SMILES string of the molecule is CCc1nnc(NC(=O)C(C#N)=Cc2ccc(OCCSc3ccc(Cl)cc3)cc2)s1. The van der Waals surface area contributed by atoms with E-state index in [0.717, 1.165) is 38.4 Å². The van der Waals surface area contributed by atoms with Crippen molar-refractivity contribution in [2.24, 2.45) is 0 Å². The average Bonchev–Trinajstić information content (AvgIpc) is 3.24. The normalized spacial score (nSPS) is 11.1. The summed E-state index contributed by atoms with van der Waals surface area (Å²) in [6.07, 6.45) is 2.26. The number of ether oxygens (including phenoxy) is 1. The van der Waals surface area contributed by atoms with E-state index in [1.54, 1.807) is 23.9 Å². The van der Waals surface area contributed by atoms with Crippen LogP contribution >= 0.6 is 34.7 Å². The zero-order valence-corrected chi connectivity index (χ0v) is 19.1. The van der Waals surface area contributed by atoms with Crippen molar-refractivity contribution < 1.29 is 9.53 Å². The van der Waals surface area contributed by atoms with Crippen molar-refractivity contribution in [3.05, 3.63) is 69.7 Å². The molecule has 9 heteroatoms. The van der Waals surface area contributed by atoms with Gasteiger partial charge in [-0.05, 0) is 54.5 Å². The number of nitrogens with zero attached hydrogens (tertiary/aromatic N) is 3. The number of carbonyl (C=O) groups excluding carboxylic acids is 1. The predicted octanol–water partition coefficient (Wildman–Crippen LogP) is 5.47. The summed E-state index contributed by atoms with van der Waals surface area (Å²) in [5.74, 6) is 1.01. The molecule has 6 nitrogen and oxygen atoms in total. The van der Waals surface area contributed by atoms with E-state index in [4.69, 9.17) is 16.3 Å². The monoisotopic (exact) mass is 470 g/mol. The fourth-order valence-electron chi connectivity index (χ4n) is 2.44. The molecule has 1 N–H and O–H groups in total. The number of hydrogen-bond donors (Lipinski definition) is 1. The largest absolute Gasteiger partial charge is 0.493 e. The van der Waals surface area contributed by atoms with Gasteiger partial charge < -0.3 is 4.74 Å². The van der Waals surface area contributed by atoms with Gasteiger partial charge in [-0.2, -0.15) is 5.26 Å². The van der Waals surface area contributed by atoms with E-state index in [2.05, 4.69) is 15.5 Å². The molecule has 0 radical (unpaired) electrons. The van der Waals surface area contributed by atoms with E-state index in [1.807, 2.05) is 49.4 Å². The summed E-state index contributed by atoms with van der Waals surface area (Å²) in [4.78, 5) is 13.5. The van der Waals surface area contributed by atoms with E-state index in [9.17, 15) is 10.1 Å². The molecule has 0 atom stereocenters. The molecular weight excluding hydrogens is 452 g/mol. The van der Waals surface area contributed by atoms with Gasteiger partial charge >= 0.3 is 0 Å². The number of halogens is 1. The third kappa shape index (κ3) is 7.10. The molecule has 0 aliphatic heterocycles. The smallest absolute Gasteiger partial charge is 0.268 e. The van der Waals surface area contributed by atoms with Gasteiger partial charge in [-0.15, -0.1) is 22.0 Å². The maximum absolute atomic E-state index is 12.3. The topological polar surface area (TPSA) is 87.9 Å². The number of amides is 1. The van der Waals surface area contributed by atoms with Crippen LogP contribution in [-0.2, 0) is 11.2 Å². The Labute approximate surface area is 193 Å². The Morgan fingerprint density at radius 2 is 1.97 bits per heavy atom. The Morgan fingerprint density at radius 1 is 1.23 bits per heavy atom. The Bertz CT molecular complexity index is 1090. The summed E-state index contributed by atoms with van der Waals surface area (Å²) in [7, 11) is 0. The molecule has 0 bridgehead atoms. The summed E-state index contributed by atoms with van der Waals surface area (Å²) in [5, 5.41) is 21.7. The first-order valence-electron chi connectivity index (χ1n) is 9.44. The summed E-state index contributed by atoms with van der Waals surface area (Å²) in [6, 6.07) is 16.8. The lowest BCUT2D eigenvalue weighted by atomic mass is 10.1. The molecular formula is C22H19ClN4O2S2. The van der Waals surface area contributed by atoms with Crippen molar-refractivity contribution in [2.45, 2.75) is 18.2 Å². The molecule has 2 aromatic carbocycles. The highest BCUT2D eigenvalue weighted by atomic mass is 35.5. The molecule has 0 unspecified atom stereocenters. The molecule has 0 saturated carbocycles. The standard InChI is InChI=1S/C22H19ClN4O2S2/c1-2-20-26-27-22(31-20)25-21(28)16(14-24)13-15-3-7-18(8-4-15)29-11-12-30-19-9-5-17(23)6-10-19/h3-10,13H,2,11-12H2,1H3,(H,25,27,28). The Balaban J connectivity index is 1.51. The number of anilines is 1. The summed E-state index contributed by atoms with van der Waals surface area (Å²) in [5.41, 5.74) is 0.711. The molecule has 1 amide bonds. The highest BCUT2D eigenvalue weighted by Crippen LogP contribution is 2.21. The Hall–Kier alpha value is -2.86. The van der Waals surface area contributed by atoms with Crippen LogP contribution in [0.25, 0.3) is 6.08 Å². The molecule has 158 valence electrons. The van der Waals surface area contributed by atoms with Crippen LogP contribution in [0.1, 0.15) is 17.5 Å². The van der Waals surface area contributed by atoms with Gasteiger partial charge in [0, 0.05) is 15.7 Å². The van der Waals surface area contributed by atoms with Crippen molar-refractivity contribution >= 4 is 51.8 Å². The number of rotatable bonds is 9. The van der Waals surface area contributed by atoms with Gasteiger partial charge in [0.1, 0.15) is 22.4 Å². The zero-order valence-electron chi connectivity index (χ0n) is 16.7. The van der Waals surface area contributed by atoms with Gasteiger partial charge in [-0.25, -0.2) is 0 Å². The van der Waals surface area contributed by atoms with Gasteiger partial charge in [0.2, 0.25) is 5.13 Å². The van der Waals surface area contributed by atoms with Crippen LogP contribution in [0, 0.1) is 11.3 Å². The first-order chi connectivity index (χ1) is 15.1. The second-order valence-corrected chi connectivity index (χ2v) is 8.87. The van der Waals surface area contributed by atoms with Crippen molar-refractivity contribution in [2.75, 3.05) is 17.7 Å². The van der Waals surface area contributed by atoms with Gasteiger partial charge in [-0.1, -0.05) is 42.0 Å². The van der Waals surface area contributed by atoms with Gasteiger partial charge in [-0.3, -0.25) is 10.1 Å². The van der Waals surface area contributed by atoms with Gasteiger partial charge in [0.15, 0.2) is 0 Å². The van der Waals surface area contributed by atoms with Crippen LogP contribution in [0.15, 0.2) is 59.0 Å². The second-order valence-electron chi connectivity index (χ2n) is 6.20. The van der Waals surface area contributed by atoms with Crippen LogP contribution < -0.4 is 10.1 Å². The number of carbonyl (C=O) groups is 1. The van der Waals surface area contributed by atoms with E-state index in [-0.39, 0.29) is 5.57 Å². The Kier molecular flexibility index (Phi) is 8.47. The number of aryl methyl sites for hydroxylation is 1. The molecule has 1 aromatic heterocycles. The van der Waals surface area contributed by atoms with E-state index < -0.39 is 5.91 Å². The van der Waals surface area contributed by atoms with Crippen LogP contribution in [-0.4, -0.2) is 28.5 Å². The Morgan fingerprint density at radius 3 is 2.61 bits per heavy atom. The van der Waals surface area contributed by atoms with E-state index >= 15 is 0 Å². The quantitative estimate of drug-likeness (QED) is 0.193. The lowest BCUT2D eigenvalue weighted by Gasteiger charge is -2.07. The third-order valence-electron chi connectivity index (χ3n) is 3.98. The van der Waals surface area contributed by atoms with E-state index in [1.165, 1.54) is 17.4 Å². The molecule has 0 saturated heterocycles. The first kappa shape index (κ1) is 22.8. The molecule has 0 spiro atoms. The zero-order chi connectivity index (χ0) is 22.1. The van der Waals surface area contributed by atoms with Gasteiger partial charge in [0.25, 0.3) is 5.91 Å². The average molecular weight is 471 g/mol. The minimum atomic E-state index is -0.513. The molecule has 0 aliphatic carbocycles. The summed E-state index contributed by atoms with van der Waals surface area (Å²) in [6.45, 7) is 2.51. The maximum atomic E-state index is 12.3. The second kappa shape index (κ2) is 11.5. The van der Waals surface area contributed by atoms with Crippen molar-refractivity contribution in [1.29, 1.82) is 5.26 Å². The van der Waals surface area contributed by atoms with Crippen molar-refractivity contribution in [1.82, 2.24) is 10.2 Å². The molecule has 3 aromatic rings. The van der Waals surface area contributed by atoms with Crippen LogP contribution in [0.4, 0.5) is 5.13 Å².